The van der Waals surface area contributed by atoms with Gasteiger partial charge in [0, 0.05) is 23.0 Å². The number of carboxylic acid groups (broad SMARTS) is 1. The van der Waals surface area contributed by atoms with E-state index in [4.69, 9.17) is 0 Å². The van der Waals surface area contributed by atoms with Gasteiger partial charge in [-0.1, -0.05) is 18.2 Å². The maximum absolute atomic E-state index is 12.7. The summed E-state index contributed by atoms with van der Waals surface area (Å²) in [7, 11) is -2.89. The number of aromatic carboxylic acids is 1. The number of carboxylic acids is 1. The highest BCUT2D eigenvalue weighted by Gasteiger charge is 2.23. The normalized spacial score (nSPS) is 15.4. The third kappa shape index (κ3) is 5.63. The summed E-state index contributed by atoms with van der Waals surface area (Å²) in [5.41, 5.74) is 4.83. The fourth-order valence-corrected chi connectivity index (χ4v) is 5.48. The van der Waals surface area contributed by atoms with E-state index in [9.17, 15) is 23.1 Å². The monoisotopic (exact) mass is 478 g/mol. The lowest BCUT2D eigenvalue weighted by atomic mass is 9.97. The molecule has 1 amide bonds. The maximum atomic E-state index is 12.7. The summed E-state index contributed by atoms with van der Waals surface area (Å²) < 4.78 is 23.1. The Morgan fingerprint density at radius 1 is 0.853 bits per heavy atom. The minimum atomic E-state index is -2.89. The lowest BCUT2D eigenvalue weighted by Crippen LogP contribution is -2.32. The molecule has 1 fully saturated rings. The Morgan fingerprint density at radius 3 is 2.06 bits per heavy atom. The van der Waals surface area contributed by atoms with Crippen LogP contribution in [0.15, 0.2) is 66.7 Å². The van der Waals surface area contributed by atoms with Crippen molar-refractivity contribution in [2.75, 3.05) is 22.1 Å². The molecule has 176 valence electrons. The Hall–Kier alpha value is -3.65. The molecule has 3 aromatic rings. The van der Waals surface area contributed by atoms with Crippen LogP contribution in [-0.4, -0.2) is 42.9 Å². The van der Waals surface area contributed by atoms with Crippen molar-refractivity contribution in [3.05, 3.63) is 83.4 Å². The smallest absolute Gasteiger partial charge is 0.335 e. The van der Waals surface area contributed by atoms with Gasteiger partial charge in [-0.05, 0) is 85.0 Å². The van der Waals surface area contributed by atoms with Crippen molar-refractivity contribution in [2.45, 2.75) is 25.8 Å². The number of aryl methyl sites for hydroxylation is 1. The van der Waals surface area contributed by atoms with Crippen molar-refractivity contribution >= 4 is 33.1 Å². The van der Waals surface area contributed by atoms with Crippen molar-refractivity contribution in [1.82, 2.24) is 0 Å². The maximum Gasteiger partial charge on any atom is 0.335 e. The third-order valence-electron chi connectivity index (χ3n) is 6.01. The zero-order valence-corrected chi connectivity index (χ0v) is 19.6. The number of amides is 1. The second-order valence-electron chi connectivity index (χ2n) is 8.51. The van der Waals surface area contributed by atoms with E-state index in [0.29, 0.717) is 24.1 Å². The van der Waals surface area contributed by atoms with Crippen LogP contribution < -0.4 is 10.6 Å². The number of benzene rings is 3. The van der Waals surface area contributed by atoms with Crippen LogP contribution in [0.2, 0.25) is 0 Å². The molecule has 0 radical (unpaired) electrons. The van der Waals surface area contributed by atoms with Crippen LogP contribution in [0.4, 0.5) is 11.4 Å². The molecule has 8 heteroatoms. The number of rotatable bonds is 6. The van der Waals surface area contributed by atoms with E-state index in [-0.39, 0.29) is 29.0 Å². The number of nitrogens with one attached hydrogen (secondary N) is 2. The molecule has 0 saturated carbocycles. The van der Waals surface area contributed by atoms with Gasteiger partial charge in [0.2, 0.25) is 0 Å². The van der Waals surface area contributed by atoms with Crippen LogP contribution in [-0.2, 0) is 9.84 Å². The van der Waals surface area contributed by atoms with Gasteiger partial charge >= 0.3 is 5.97 Å². The molecule has 1 aliphatic rings. The number of anilines is 2. The van der Waals surface area contributed by atoms with Gasteiger partial charge in [-0.15, -0.1) is 0 Å². The zero-order chi connectivity index (χ0) is 24.3. The summed E-state index contributed by atoms with van der Waals surface area (Å²) in [4.78, 5) is 24.0. The van der Waals surface area contributed by atoms with Gasteiger partial charge in [-0.3, -0.25) is 4.79 Å². The minimum absolute atomic E-state index is 0.127. The molecule has 0 bridgehead atoms. The molecular weight excluding hydrogens is 452 g/mol. The summed E-state index contributed by atoms with van der Waals surface area (Å²) in [5.74, 6) is -0.810. The van der Waals surface area contributed by atoms with Gasteiger partial charge in [0.05, 0.1) is 17.1 Å². The fraction of sp³-hybridized carbons (Fsp3) is 0.231. The van der Waals surface area contributed by atoms with Gasteiger partial charge in [0.1, 0.15) is 9.84 Å². The van der Waals surface area contributed by atoms with E-state index in [1.807, 2.05) is 19.1 Å². The number of hydrogen-bond donors (Lipinski definition) is 3. The lowest BCUT2D eigenvalue weighted by Gasteiger charge is -2.24. The van der Waals surface area contributed by atoms with E-state index >= 15 is 0 Å². The molecule has 3 aromatic carbocycles. The Balaban J connectivity index is 1.38. The van der Waals surface area contributed by atoms with E-state index in [0.717, 1.165) is 22.4 Å². The Kier molecular flexibility index (Phi) is 6.70. The van der Waals surface area contributed by atoms with Gasteiger partial charge in [0.25, 0.3) is 5.91 Å². The first-order chi connectivity index (χ1) is 16.2. The average Bonchev–Trinajstić information content (AvgIpc) is 2.82. The van der Waals surface area contributed by atoms with Gasteiger partial charge in [-0.25, -0.2) is 13.2 Å². The van der Waals surface area contributed by atoms with Crippen molar-refractivity contribution in [3.8, 4) is 11.1 Å². The summed E-state index contributed by atoms with van der Waals surface area (Å²) >= 11 is 0. The highest BCUT2D eigenvalue weighted by molar-refractivity contribution is 7.91. The quantitative estimate of drug-likeness (QED) is 0.477. The van der Waals surface area contributed by atoms with Crippen LogP contribution in [0.5, 0.6) is 0 Å². The van der Waals surface area contributed by atoms with Crippen LogP contribution in [0.1, 0.15) is 39.1 Å². The van der Waals surface area contributed by atoms with Crippen molar-refractivity contribution < 1.29 is 23.1 Å². The molecule has 1 aliphatic heterocycles. The summed E-state index contributed by atoms with van der Waals surface area (Å²) in [6.45, 7) is 1.91. The second-order valence-corrected chi connectivity index (χ2v) is 10.8. The molecule has 0 atom stereocenters. The number of carbonyl (C=O) groups excluding carboxylic acids is 1. The molecule has 0 spiro atoms. The molecular formula is C26H26N2O5S. The molecule has 34 heavy (non-hydrogen) atoms. The van der Waals surface area contributed by atoms with Crippen molar-refractivity contribution in [1.29, 1.82) is 0 Å². The van der Waals surface area contributed by atoms with Gasteiger partial charge < -0.3 is 15.7 Å². The Labute approximate surface area is 198 Å². The molecule has 3 N–H and O–H groups in total. The van der Waals surface area contributed by atoms with Crippen molar-refractivity contribution in [3.63, 3.8) is 0 Å². The molecule has 0 aliphatic carbocycles. The SMILES string of the molecule is Cc1ccc(C(=O)O)cc1-c1ccc(C(=O)Nc2ccc(NC3CCS(=O)(=O)CC3)cc2)cc1. The van der Waals surface area contributed by atoms with Gasteiger partial charge in [0.15, 0.2) is 0 Å². The average molecular weight is 479 g/mol. The number of carbonyl (C=O) groups is 2. The van der Waals surface area contributed by atoms with E-state index in [1.54, 1.807) is 54.6 Å². The second kappa shape index (κ2) is 9.69. The highest BCUT2D eigenvalue weighted by atomic mass is 32.2. The fourth-order valence-electron chi connectivity index (χ4n) is 3.99. The number of hydrogen-bond acceptors (Lipinski definition) is 5. The molecule has 0 aromatic heterocycles. The van der Waals surface area contributed by atoms with E-state index in [2.05, 4.69) is 10.6 Å². The lowest BCUT2D eigenvalue weighted by molar-refractivity contribution is 0.0696. The van der Waals surface area contributed by atoms with E-state index in [1.165, 1.54) is 0 Å². The summed E-state index contributed by atoms with van der Waals surface area (Å²) in [6.07, 6.45) is 1.19. The predicted octanol–water partition coefficient (Wildman–Crippen LogP) is 4.60. The molecule has 0 unspecified atom stereocenters. The molecule has 7 nitrogen and oxygen atoms in total. The minimum Gasteiger partial charge on any atom is -0.478 e. The topological polar surface area (TPSA) is 113 Å². The zero-order valence-electron chi connectivity index (χ0n) is 18.7. The first-order valence-corrected chi connectivity index (χ1v) is 12.8. The van der Waals surface area contributed by atoms with Crippen LogP contribution in [0, 0.1) is 6.92 Å². The largest absolute Gasteiger partial charge is 0.478 e. The van der Waals surface area contributed by atoms with Crippen LogP contribution in [0.3, 0.4) is 0 Å². The van der Waals surface area contributed by atoms with Crippen LogP contribution >= 0.6 is 0 Å². The first kappa shape index (κ1) is 23.5. The predicted molar refractivity (Wildman–Crippen MR) is 133 cm³/mol. The standard InChI is InChI=1S/C26H26N2O5S/c1-17-2-3-20(26(30)31)16-24(17)18-4-6-19(7-5-18)25(29)28-22-10-8-21(9-11-22)27-23-12-14-34(32,33)15-13-23/h2-11,16,23,27H,12-15H2,1H3,(H,28,29)(H,30,31). The molecule has 4 rings (SSSR count). The molecule has 1 saturated heterocycles. The first-order valence-electron chi connectivity index (χ1n) is 11.0. The highest BCUT2D eigenvalue weighted by Crippen LogP contribution is 2.26. The molecule has 1 heterocycles. The van der Waals surface area contributed by atoms with E-state index < -0.39 is 15.8 Å². The van der Waals surface area contributed by atoms with Crippen LogP contribution in [0.25, 0.3) is 11.1 Å². The number of sulfone groups is 1. The summed E-state index contributed by atoms with van der Waals surface area (Å²) in [6, 6.07) is 19.5. The van der Waals surface area contributed by atoms with Crippen molar-refractivity contribution in [2.24, 2.45) is 0 Å². The third-order valence-corrected chi connectivity index (χ3v) is 7.73. The Morgan fingerprint density at radius 2 is 1.44 bits per heavy atom. The summed E-state index contributed by atoms with van der Waals surface area (Å²) in [5, 5.41) is 15.5. The Bertz CT molecular complexity index is 1300. The van der Waals surface area contributed by atoms with Gasteiger partial charge in [-0.2, -0.15) is 0 Å².